The number of carbonyl (C=O) groups excluding carboxylic acids is 1. The van der Waals surface area contributed by atoms with Gasteiger partial charge in [0.2, 0.25) is 5.43 Å². The van der Waals surface area contributed by atoms with Crippen LogP contribution in [-0.2, 0) is 0 Å². The number of H-pyrrole nitrogens is 1. The first-order valence-electron chi connectivity index (χ1n) is 5.18. The molecule has 6 nitrogen and oxygen atoms in total. The summed E-state index contributed by atoms with van der Waals surface area (Å²) < 4.78 is 5.13. The van der Waals surface area contributed by atoms with Gasteiger partial charge < -0.3 is 14.8 Å². The van der Waals surface area contributed by atoms with E-state index in [-0.39, 0.29) is 23.6 Å². The number of nitrogens with one attached hydrogen (secondary N) is 1. The summed E-state index contributed by atoms with van der Waals surface area (Å²) in [7, 11) is 0. The topological polar surface area (TPSA) is 96.5 Å². The van der Waals surface area contributed by atoms with E-state index in [1.165, 1.54) is 0 Å². The Labute approximate surface area is 97.2 Å². The standard InChI is InChI=1S/C11H13NO5/c1-2-3-4-17-10-8(11(15)16)12-5-7(6-13)9(10)14/h5-6H,2-4H2,1H3,(H,12,14)(H,15,16). The Morgan fingerprint density at radius 3 is 2.82 bits per heavy atom. The molecule has 0 radical (unpaired) electrons. The highest BCUT2D eigenvalue weighted by molar-refractivity contribution is 5.89. The molecule has 0 fully saturated rings. The highest BCUT2D eigenvalue weighted by Crippen LogP contribution is 2.11. The van der Waals surface area contributed by atoms with Crippen LogP contribution < -0.4 is 10.2 Å². The third kappa shape index (κ3) is 2.93. The Kier molecular flexibility index (Phi) is 4.45. The lowest BCUT2D eigenvalue weighted by Gasteiger charge is -2.07. The van der Waals surface area contributed by atoms with Crippen molar-refractivity contribution in [2.75, 3.05) is 6.61 Å². The molecule has 0 amide bonds. The lowest BCUT2D eigenvalue weighted by molar-refractivity contribution is 0.0684. The summed E-state index contributed by atoms with van der Waals surface area (Å²) in [5.41, 5.74) is -1.19. The average molecular weight is 239 g/mol. The van der Waals surface area contributed by atoms with Crippen LogP contribution in [0.2, 0.25) is 0 Å². The van der Waals surface area contributed by atoms with Gasteiger partial charge in [0.05, 0.1) is 12.2 Å². The highest BCUT2D eigenvalue weighted by Gasteiger charge is 2.17. The molecule has 1 aromatic heterocycles. The van der Waals surface area contributed by atoms with Gasteiger partial charge in [-0.15, -0.1) is 0 Å². The number of carbonyl (C=O) groups is 2. The van der Waals surface area contributed by atoms with Gasteiger partial charge in [0.15, 0.2) is 17.7 Å². The Bertz CT molecular complexity index is 477. The number of aromatic nitrogens is 1. The molecule has 6 heteroatoms. The third-order valence-electron chi connectivity index (χ3n) is 2.15. The molecule has 1 rings (SSSR count). The molecule has 0 aromatic carbocycles. The van der Waals surface area contributed by atoms with Crippen LogP contribution in [-0.4, -0.2) is 29.0 Å². The first-order chi connectivity index (χ1) is 8.11. The Balaban J connectivity index is 3.16. The maximum absolute atomic E-state index is 11.7. The molecule has 1 aromatic rings. The lowest BCUT2D eigenvalue weighted by Crippen LogP contribution is -2.19. The third-order valence-corrected chi connectivity index (χ3v) is 2.15. The van der Waals surface area contributed by atoms with Crippen molar-refractivity contribution < 1.29 is 19.4 Å². The normalized spacial score (nSPS) is 9.94. The van der Waals surface area contributed by atoms with Gasteiger partial charge in [-0.3, -0.25) is 9.59 Å². The lowest BCUT2D eigenvalue weighted by atomic mass is 10.2. The number of aromatic amines is 1. The maximum atomic E-state index is 11.7. The van der Waals surface area contributed by atoms with Crippen molar-refractivity contribution >= 4 is 12.3 Å². The van der Waals surface area contributed by atoms with E-state index in [9.17, 15) is 14.4 Å². The van der Waals surface area contributed by atoms with E-state index in [0.717, 1.165) is 12.6 Å². The van der Waals surface area contributed by atoms with Gasteiger partial charge >= 0.3 is 5.97 Å². The van der Waals surface area contributed by atoms with Crippen molar-refractivity contribution in [3.8, 4) is 5.75 Å². The van der Waals surface area contributed by atoms with Gasteiger partial charge in [0.1, 0.15) is 0 Å². The van der Waals surface area contributed by atoms with E-state index in [2.05, 4.69) is 4.98 Å². The zero-order valence-corrected chi connectivity index (χ0v) is 9.36. The molecule has 0 aliphatic rings. The van der Waals surface area contributed by atoms with Gasteiger partial charge in [-0.2, -0.15) is 0 Å². The zero-order chi connectivity index (χ0) is 12.8. The van der Waals surface area contributed by atoms with Crippen LogP contribution in [0, 0.1) is 0 Å². The summed E-state index contributed by atoms with van der Waals surface area (Å²) in [5.74, 6) is -1.61. The molecule has 0 saturated carbocycles. The van der Waals surface area contributed by atoms with Crippen LogP contribution >= 0.6 is 0 Å². The number of ether oxygens (including phenoxy) is 1. The molecule has 0 atom stereocenters. The van der Waals surface area contributed by atoms with Crippen molar-refractivity contribution in [2.24, 2.45) is 0 Å². The molecular weight excluding hydrogens is 226 g/mol. The molecule has 17 heavy (non-hydrogen) atoms. The maximum Gasteiger partial charge on any atom is 0.356 e. The van der Waals surface area contributed by atoms with Crippen molar-refractivity contribution in [1.82, 2.24) is 4.98 Å². The van der Waals surface area contributed by atoms with E-state index in [0.29, 0.717) is 12.7 Å². The first-order valence-corrected chi connectivity index (χ1v) is 5.18. The second-order valence-electron chi connectivity index (χ2n) is 3.40. The minimum Gasteiger partial charge on any atom is -0.487 e. The smallest absolute Gasteiger partial charge is 0.356 e. The van der Waals surface area contributed by atoms with E-state index in [1.807, 2.05) is 6.92 Å². The minimum atomic E-state index is -1.30. The summed E-state index contributed by atoms with van der Waals surface area (Å²) in [6.07, 6.45) is 2.97. The molecular formula is C11H13NO5. The monoisotopic (exact) mass is 239 g/mol. The summed E-state index contributed by atoms with van der Waals surface area (Å²) in [6, 6.07) is 0. The second-order valence-corrected chi connectivity index (χ2v) is 3.40. The van der Waals surface area contributed by atoms with Crippen LogP contribution in [0.15, 0.2) is 11.0 Å². The Morgan fingerprint density at radius 2 is 2.29 bits per heavy atom. The fourth-order valence-corrected chi connectivity index (χ4v) is 1.23. The van der Waals surface area contributed by atoms with Gasteiger partial charge in [0.25, 0.3) is 0 Å². The zero-order valence-electron chi connectivity index (χ0n) is 9.36. The second kappa shape index (κ2) is 5.83. The first kappa shape index (κ1) is 13.0. The van der Waals surface area contributed by atoms with Gasteiger partial charge in [-0.1, -0.05) is 13.3 Å². The molecule has 0 spiro atoms. The number of hydrogen-bond acceptors (Lipinski definition) is 4. The Morgan fingerprint density at radius 1 is 1.59 bits per heavy atom. The van der Waals surface area contributed by atoms with Crippen LogP contribution in [0.3, 0.4) is 0 Å². The molecule has 0 bridgehead atoms. The molecule has 0 unspecified atom stereocenters. The van der Waals surface area contributed by atoms with E-state index in [1.54, 1.807) is 0 Å². The number of rotatable bonds is 6. The molecule has 0 saturated heterocycles. The van der Waals surface area contributed by atoms with Crippen LogP contribution in [0.4, 0.5) is 0 Å². The van der Waals surface area contributed by atoms with Crippen molar-refractivity contribution in [2.45, 2.75) is 19.8 Å². The SMILES string of the molecule is CCCCOc1c(C(=O)O)[nH]cc(C=O)c1=O. The van der Waals surface area contributed by atoms with Crippen molar-refractivity contribution in [3.05, 3.63) is 27.7 Å². The number of carboxylic acid groups (broad SMARTS) is 1. The predicted molar refractivity (Wildman–Crippen MR) is 59.8 cm³/mol. The molecule has 2 N–H and O–H groups in total. The molecule has 0 aliphatic carbocycles. The quantitative estimate of drug-likeness (QED) is 0.571. The molecule has 1 heterocycles. The summed E-state index contributed by atoms with van der Waals surface area (Å²) in [6.45, 7) is 2.18. The number of pyridine rings is 1. The van der Waals surface area contributed by atoms with Crippen LogP contribution in [0.25, 0.3) is 0 Å². The summed E-state index contributed by atoms with van der Waals surface area (Å²) in [5, 5.41) is 8.87. The van der Waals surface area contributed by atoms with E-state index < -0.39 is 11.4 Å². The number of aldehydes is 1. The van der Waals surface area contributed by atoms with Crippen molar-refractivity contribution in [3.63, 3.8) is 0 Å². The van der Waals surface area contributed by atoms with E-state index in [4.69, 9.17) is 9.84 Å². The van der Waals surface area contributed by atoms with E-state index >= 15 is 0 Å². The number of hydrogen-bond donors (Lipinski definition) is 2. The minimum absolute atomic E-state index is 0.151. The fraction of sp³-hybridized carbons (Fsp3) is 0.364. The number of aromatic carboxylic acids is 1. The number of unbranched alkanes of at least 4 members (excludes halogenated alkanes) is 1. The average Bonchev–Trinajstić information content (AvgIpc) is 2.31. The molecule has 0 aliphatic heterocycles. The van der Waals surface area contributed by atoms with Gasteiger partial charge in [-0.05, 0) is 6.42 Å². The molecule has 92 valence electrons. The van der Waals surface area contributed by atoms with Crippen LogP contribution in [0.5, 0.6) is 5.75 Å². The van der Waals surface area contributed by atoms with Gasteiger partial charge in [-0.25, -0.2) is 4.79 Å². The van der Waals surface area contributed by atoms with Crippen LogP contribution in [0.1, 0.15) is 40.6 Å². The summed E-state index contributed by atoms with van der Waals surface area (Å²) in [4.78, 5) is 35.5. The fourth-order valence-electron chi connectivity index (χ4n) is 1.23. The predicted octanol–water partition coefficient (Wildman–Crippen LogP) is 1.06. The number of carboxylic acids is 1. The van der Waals surface area contributed by atoms with Crippen molar-refractivity contribution in [1.29, 1.82) is 0 Å². The van der Waals surface area contributed by atoms with Gasteiger partial charge in [0, 0.05) is 6.20 Å². The largest absolute Gasteiger partial charge is 0.487 e. The highest BCUT2D eigenvalue weighted by atomic mass is 16.5. The summed E-state index contributed by atoms with van der Waals surface area (Å²) >= 11 is 0. The Hall–Kier alpha value is -2.11.